The first-order valence-electron chi connectivity index (χ1n) is 8.71. The van der Waals surface area contributed by atoms with E-state index in [9.17, 15) is 4.79 Å². The van der Waals surface area contributed by atoms with Gasteiger partial charge in [-0.3, -0.25) is 4.79 Å². The van der Waals surface area contributed by atoms with Crippen molar-refractivity contribution in [2.24, 2.45) is 0 Å². The van der Waals surface area contributed by atoms with Crippen LogP contribution in [0.1, 0.15) is 68.6 Å². The summed E-state index contributed by atoms with van der Waals surface area (Å²) in [6, 6.07) is 4.01. The highest BCUT2D eigenvalue weighted by Crippen LogP contribution is 2.25. The summed E-state index contributed by atoms with van der Waals surface area (Å²) in [5.74, 6) is 0.730. The molecule has 0 bridgehead atoms. The van der Waals surface area contributed by atoms with Crippen molar-refractivity contribution in [1.82, 2.24) is 9.88 Å². The molecule has 4 nitrogen and oxygen atoms in total. The van der Waals surface area contributed by atoms with Gasteiger partial charge in [-0.1, -0.05) is 19.8 Å². The van der Waals surface area contributed by atoms with Crippen LogP contribution in [0.4, 0.5) is 0 Å². The van der Waals surface area contributed by atoms with E-state index >= 15 is 0 Å². The maximum absolute atomic E-state index is 12.9. The summed E-state index contributed by atoms with van der Waals surface area (Å²) in [6.45, 7) is 3.05. The molecule has 2 fully saturated rings. The predicted molar refractivity (Wildman–Crippen MR) is 86.1 cm³/mol. The van der Waals surface area contributed by atoms with Crippen molar-refractivity contribution in [3.05, 3.63) is 23.9 Å². The molecule has 1 saturated heterocycles. The molecule has 3 rings (SSSR count). The third kappa shape index (κ3) is 3.42. The average Bonchev–Trinajstić information content (AvgIpc) is 2.75. The number of carbonyl (C=O) groups excluding carboxylic acids is 1. The van der Waals surface area contributed by atoms with Crippen molar-refractivity contribution in [2.45, 2.75) is 70.4 Å². The topological polar surface area (TPSA) is 42.4 Å². The van der Waals surface area contributed by atoms with Crippen LogP contribution in [0.25, 0.3) is 0 Å². The molecule has 1 aromatic heterocycles. The molecule has 1 unspecified atom stereocenters. The molecule has 22 heavy (non-hydrogen) atoms. The van der Waals surface area contributed by atoms with Gasteiger partial charge in [0.15, 0.2) is 0 Å². The summed E-state index contributed by atoms with van der Waals surface area (Å²) in [7, 11) is 0. The quantitative estimate of drug-likeness (QED) is 0.849. The van der Waals surface area contributed by atoms with E-state index in [1.165, 1.54) is 19.3 Å². The SMILES string of the molecule is CCC1CCCCCN1C(=O)c1ccnc(OC2CCC2)c1. The van der Waals surface area contributed by atoms with Gasteiger partial charge in [0.1, 0.15) is 6.10 Å². The largest absolute Gasteiger partial charge is 0.474 e. The predicted octanol–water partition coefficient (Wildman–Crippen LogP) is 3.81. The van der Waals surface area contributed by atoms with Gasteiger partial charge in [0.05, 0.1) is 0 Å². The summed E-state index contributed by atoms with van der Waals surface area (Å²) in [4.78, 5) is 19.2. The number of hydrogen-bond acceptors (Lipinski definition) is 3. The molecule has 2 aliphatic rings. The van der Waals surface area contributed by atoms with Gasteiger partial charge in [-0.05, 0) is 44.6 Å². The van der Waals surface area contributed by atoms with Crippen molar-refractivity contribution in [3.63, 3.8) is 0 Å². The number of aromatic nitrogens is 1. The smallest absolute Gasteiger partial charge is 0.254 e. The Morgan fingerprint density at radius 2 is 2.14 bits per heavy atom. The number of pyridine rings is 1. The number of likely N-dealkylation sites (tertiary alicyclic amines) is 1. The first kappa shape index (κ1) is 15.3. The second-order valence-corrected chi connectivity index (χ2v) is 6.46. The Hall–Kier alpha value is -1.58. The molecule has 1 atom stereocenters. The Balaban J connectivity index is 1.73. The van der Waals surface area contributed by atoms with E-state index in [1.54, 1.807) is 6.20 Å². The van der Waals surface area contributed by atoms with Gasteiger partial charge < -0.3 is 9.64 Å². The Kier molecular flexibility index (Phi) is 4.96. The highest BCUT2D eigenvalue weighted by atomic mass is 16.5. The number of rotatable bonds is 4. The monoisotopic (exact) mass is 302 g/mol. The molecule has 1 aliphatic heterocycles. The fourth-order valence-electron chi connectivity index (χ4n) is 3.30. The molecule has 1 amide bonds. The number of carbonyl (C=O) groups is 1. The van der Waals surface area contributed by atoms with Crippen LogP contribution in [0.5, 0.6) is 5.88 Å². The molecular weight excluding hydrogens is 276 g/mol. The molecule has 0 N–H and O–H groups in total. The van der Waals surface area contributed by atoms with Crippen LogP contribution in [0, 0.1) is 0 Å². The van der Waals surface area contributed by atoms with Crippen LogP contribution in [-0.4, -0.2) is 34.5 Å². The Bertz CT molecular complexity index is 514. The van der Waals surface area contributed by atoms with Crippen LogP contribution in [-0.2, 0) is 0 Å². The zero-order valence-corrected chi connectivity index (χ0v) is 13.5. The highest BCUT2D eigenvalue weighted by molar-refractivity contribution is 5.94. The van der Waals surface area contributed by atoms with Gasteiger partial charge in [-0.2, -0.15) is 0 Å². The lowest BCUT2D eigenvalue weighted by Crippen LogP contribution is -2.39. The zero-order valence-electron chi connectivity index (χ0n) is 13.5. The lowest BCUT2D eigenvalue weighted by molar-refractivity contribution is 0.0675. The standard InChI is InChI=1S/C18H26N2O2/c1-2-15-7-4-3-5-12-20(15)18(21)14-10-11-19-17(13-14)22-16-8-6-9-16/h10-11,13,15-16H,2-9,12H2,1H3. The molecule has 1 aliphatic carbocycles. The first-order valence-corrected chi connectivity index (χ1v) is 8.71. The summed E-state index contributed by atoms with van der Waals surface area (Å²) >= 11 is 0. The van der Waals surface area contributed by atoms with Crippen LogP contribution in [0.15, 0.2) is 18.3 Å². The van der Waals surface area contributed by atoms with Gasteiger partial charge >= 0.3 is 0 Å². The van der Waals surface area contributed by atoms with Gasteiger partial charge in [-0.15, -0.1) is 0 Å². The van der Waals surface area contributed by atoms with E-state index < -0.39 is 0 Å². The third-order valence-electron chi connectivity index (χ3n) is 4.93. The summed E-state index contributed by atoms with van der Waals surface area (Å²) in [5, 5.41) is 0. The van der Waals surface area contributed by atoms with Crippen LogP contribution >= 0.6 is 0 Å². The normalized spacial score (nSPS) is 22.8. The second-order valence-electron chi connectivity index (χ2n) is 6.46. The van der Waals surface area contributed by atoms with Crippen LogP contribution in [0.3, 0.4) is 0 Å². The second kappa shape index (κ2) is 7.12. The first-order chi connectivity index (χ1) is 10.8. The Labute approximate surface area is 132 Å². The number of amides is 1. The van der Waals surface area contributed by atoms with E-state index in [1.807, 2.05) is 12.1 Å². The van der Waals surface area contributed by atoms with Gasteiger partial charge in [0.25, 0.3) is 5.91 Å². The number of hydrogen-bond donors (Lipinski definition) is 0. The molecular formula is C18H26N2O2. The third-order valence-corrected chi connectivity index (χ3v) is 4.93. The number of nitrogens with zero attached hydrogens (tertiary/aromatic N) is 2. The fourth-order valence-corrected chi connectivity index (χ4v) is 3.30. The van der Waals surface area contributed by atoms with Crippen molar-refractivity contribution in [1.29, 1.82) is 0 Å². The molecule has 2 heterocycles. The van der Waals surface area contributed by atoms with Crippen LogP contribution < -0.4 is 4.74 Å². The highest BCUT2D eigenvalue weighted by Gasteiger charge is 2.26. The maximum atomic E-state index is 12.9. The lowest BCUT2D eigenvalue weighted by Gasteiger charge is -2.30. The molecule has 0 aromatic carbocycles. The van der Waals surface area contributed by atoms with Gasteiger partial charge in [0, 0.05) is 30.4 Å². The molecule has 1 aromatic rings. The maximum Gasteiger partial charge on any atom is 0.254 e. The molecule has 1 saturated carbocycles. The van der Waals surface area contributed by atoms with Crippen molar-refractivity contribution in [3.8, 4) is 5.88 Å². The molecule has 0 spiro atoms. The van der Waals surface area contributed by atoms with E-state index in [4.69, 9.17) is 4.74 Å². The summed E-state index contributed by atoms with van der Waals surface area (Å²) < 4.78 is 5.82. The molecule has 0 radical (unpaired) electrons. The van der Waals surface area contributed by atoms with Crippen LogP contribution in [0.2, 0.25) is 0 Å². The minimum Gasteiger partial charge on any atom is -0.474 e. The van der Waals surface area contributed by atoms with E-state index in [-0.39, 0.29) is 5.91 Å². The molecule has 4 heteroatoms. The zero-order chi connectivity index (χ0) is 15.4. The van der Waals surface area contributed by atoms with Crippen molar-refractivity contribution >= 4 is 5.91 Å². The van der Waals surface area contributed by atoms with E-state index in [0.29, 0.717) is 23.6 Å². The summed E-state index contributed by atoms with van der Waals surface area (Å²) in [6.07, 6.45) is 11.1. The number of ether oxygens (including phenoxy) is 1. The van der Waals surface area contributed by atoms with E-state index in [0.717, 1.165) is 38.6 Å². The minimum absolute atomic E-state index is 0.134. The Morgan fingerprint density at radius 3 is 2.86 bits per heavy atom. The summed E-state index contributed by atoms with van der Waals surface area (Å²) in [5.41, 5.74) is 0.713. The Morgan fingerprint density at radius 1 is 1.27 bits per heavy atom. The van der Waals surface area contributed by atoms with Gasteiger partial charge in [0.2, 0.25) is 5.88 Å². The average molecular weight is 302 g/mol. The van der Waals surface area contributed by atoms with Crippen molar-refractivity contribution < 1.29 is 9.53 Å². The molecule has 120 valence electrons. The van der Waals surface area contributed by atoms with Gasteiger partial charge in [-0.25, -0.2) is 4.98 Å². The minimum atomic E-state index is 0.134. The lowest BCUT2D eigenvalue weighted by atomic mass is 9.96. The fraction of sp³-hybridized carbons (Fsp3) is 0.667. The van der Waals surface area contributed by atoms with E-state index in [2.05, 4.69) is 16.8 Å². The van der Waals surface area contributed by atoms with Crippen molar-refractivity contribution in [2.75, 3.05) is 6.54 Å².